The predicted molar refractivity (Wildman–Crippen MR) is 183 cm³/mol. The van der Waals surface area contributed by atoms with Gasteiger partial charge in [0.15, 0.2) is 10.1 Å². The maximum Gasteiger partial charge on any atom is 0.301 e. The summed E-state index contributed by atoms with van der Waals surface area (Å²) >= 11 is 2.53. The summed E-state index contributed by atoms with van der Waals surface area (Å²) in [7, 11) is 0. The number of benzene rings is 3. The van der Waals surface area contributed by atoms with Gasteiger partial charge in [-0.2, -0.15) is 0 Å². The summed E-state index contributed by atoms with van der Waals surface area (Å²) < 4.78 is 21.9. The molecule has 3 aromatic heterocycles. The van der Waals surface area contributed by atoms with Crippen molar-refractivity contribution in [3.63, 3.8) is 0 Å². The summed E-state index contributed by atoms with van der Waals surface area (Å²) in [6.07, 6.45) is 1.83. The molecule has 1 aliphatic rings. The molecule has 0 spiro atoms. The number of thioether (sulfide) groups is 1. The molecule has 1 saturated heterocycles. The number of rotatable bonds is 9. The van der Waals surface area contributed by atoms with Crippen LogP contribution in [0.4, 0.5) is 9.52 Å². The van der Waals surface area contributed by atoms with Crippen LogP contribution in [0.2, 0.25) is 0 Å². The van der Waals surface area contributed by atoms with Crippen molar-refractivity contribution in [2.24, 2.45) is 0 Å². The Morgan fingerprint density at radius 2 is 1.75 bits per heavy atom. The second-order valence-corrected chi connectivity index (χ2v) is 13.4. The molecule has 4 heterocycles. The molecule has 1 unspecified atom stereocenters. The maximum atomic E-state index is 13.9. The minimum Gasteiger partial charge on any atom is -0.505 e. The molecule has 240 valence electrons. The number of hydrogen-bond donors (Lipinski definition) is 1. The Bertz CT molecular complexity index is 2200. The molecule has 1 atom stereocenters. The summed E-state index contributed by atoms with van der Waals surface area (Å²) in [6, 6.07) is 25.7. The second-order valence-electron chi connectivity index (χ2n) is 11.2. The number of carbonyl (C=O) groups excluding carboxylic acids is 2. The summed E-state index contributed by atoms with van der Waals surface area (Å²) in [5.74, 6) is -1.38. The molecule has 0 bridgehead atoms. The van der Waals surface area contributed by atoms with Gasteiger partial charge in [0.1, 0.15) is 29.5 Å². The highest BCUT2D eigenvalue weighted by Gasteiger charge is 2.49. The van der Waals surface area contributed by atoms with Gasteiger partial charge in [0.25, 0.3) is 5.78 Å². The van der Waals surface area contributed by atoms with Crippen LogP contribution in [0.3, 0.4) is 0 Å². The van der Waals surface area contributed by atoms with Gasteiger partial charge in [-0.25, -0.2) is 9.37 Å². The van der Waals surface area contributed by atoms with Crippen LogP contribution in [-0.4, -0.2) is 36.4 Å². The highest BCUT2D eigenvalue weighted by molar-refractivity contribution is 8.00. The number of carbonyl (C=O) groups is 2. The topological polar surface area (TPSA) is 110 Å². The fraction of sp³-hybridized carbons (Fsp3) is 0.139. The number of anilines is 1. The van der Waals surface area contributed by atoms with Crippen LogP contribution in [0, 0.1) is 19.7 Å². The number of nitrogens with zero attached hydrogens (tertiary/aromatic N) is 5. The summed E-state index contributed by atoms with van der Waals surface area (Å²) in [5, 5.41) is 20.6. The molecule has 1 amide bonds. The summed E-state index contributed by atoms with van der Waals surface area (Å²) in [6.45, 7) is 4.02. The average molecular weight is 678 g/mol. The second kappa shape index (κ2) is 13.1. The van der Waals surface area contributed by atoms with Crippen LogP contribution in [0.1, 0.15) is 39.7 Å². The molecule has 1 aliphatic heterocycles. The van der Waals surface area contributed by atoms with Crippen LogP contribution in [0.25, 0.3) is 11.4 Å². The number of aryl methyl sites for hydroxylation is 2. The standard InChI is InChI=1S/C36H28FN5O4S2/c1-21-8-7-17-41-22(2)29(38-33(21)41)31(43)28-30(25-11-6-12-27(18-25)46-19-23-9-4-3-5-10-23)42(34(45)32(28)44)35-39-40-36(48-35)47-20-24-13-15-26(37)16-14-24/h3-18,30,43H,19-20H2,1-2H3. The zero-order valence-corrected chi connectivity index (χ0v) is 27.5. The minimum atomic E-state index is -1.04. The van der Waals surface area contributed by atoms with Crippen molar-refractivity contribution in [3.8, 4) is 5.75 Å². The van der Waals surface area contributed by atoms with E-state index in [2.05, 4.69) is 15.2 Å². The van der Waals surface area contributed by atoms with Gasteiger partial charge in [-0.3, -0.25) is 14.5 Å². The molecule has 0 radical (unpaired) electrons. The average Bonchev–Trinajstić information content (AvgIpc) is 3.78. The first-order chi connectivity index (χ1) is 23.3. The predicted octanol–water partition coefficient (Wildman–Crippen LogP) is 7.44. The third kappa shape index (κ3) is 5.96. The van der Waals surface area contributed by atoms with Gasteiger partial charge in [0.2, 0.25) is 5.13 Å². The first kappa shape index (κ1) is 31.3. The van der Waals surface area contributed by atoms with E-state index >= 15 is 0 Å². The van der Waals surface area contributed by atoms with E-state index in [0.717, 1.165) is 28.0 Å². The Morgan fingerprint density at radius 3 is 2.52 bits per heavy atom. The molecule has 0 saturated carbocycles. The first-order valence-electron chi connectivity index (χ1n) is 15.0. The highest BCUT2D eigenvalue weighted by atomic mass is 32.2. The van der Waals surface area contributed by atoms with Gasteiger partial charge in [0, 0.05) is 11.9 Å². The molecule has 1 N–H and O–H groups in total. The van der Waals surface area contributed by atoms with Crippen molar-refractivity contribution in [2.45, 2.75) is 36.6 Å². The molecular weight excluding hydrogens is 650 g/mol. The lowest BCUT2D eigenvalue weighted by molar-refractivity contribution is -0.132. The van der Waals surface area contributed by atoms with Gasteiger partial charge in [0.05, 0.1) is 17.3 Å². The third-order valence-electron chi connectivity index (χ3n) is 8.05. The van der Waals surface area contributed by atoms with Gasteiger partial charge in [-0.15, -0.1) is 10.2 Å². The number of hydrogen-bond acceptors (Lipinski definition) is 9. The Kier molecular flexibility index (Phi) is 8.50. The Labute approximate surface area is 283 Å². The maximum absolute atomic E-state index is 13.9. The molecule has 12 heteroatoms. The van der Waals surface area contributed by atoms with Gasteiger partial charge in [-0.05, 0) is 66.4 Å². The number of Topliss-reactive ketones (excluding diaryl/α,β-unsaturated/α-hetero) is 1. The highest BCUT2D eigenvalue weighted by Crippen LogP contribution is 2.45. The SMILES string of the molecule is Cc1cccn2c(C)c(C(O)=C3C(=O)C(=O)N(c4nnc(SCc5ccc(F)cc5)s4)C3c3cccc(OCc4ccccc4)c3)nc12. The lowest BCUT2D eigenvalue weighted by Gasteiger charge is -2.23. The minimum absolute atomic E-state index is 0.111. The first-order valence-corrected chi connectivity index (χ1v) is 16.8. The zero-order valence-electron chi connectivity index (χ0n) is 25.8. The van der Waals surface area contributed by atoms with Crippen molar-refractivity contribution < 1.29 is 23.8 Å². The van der Waals surface area contributed by atoms with E-state index in [1.807, 2.05) is 60.0 Å². The van der Waals surface area contributed by atoms with Crippen molar-refractivity contribution in [3.05, 3.63) is 142 Å². The number of amides is 1. The lowest BCUT2D eigenvalue weighted by Crippen LogP contribution is -2.29. The number of aliphatic hydroxyl groups is 1. The van der Waals surface area contributed by atoms with E-state index in [-0.39, 0.29) is 28.0 Å². The number of halogens is 1. The number of ketones is 1. The van der Waals surface area contributed by atoms with E-state index in [1.54, 1.807) is 43.3 Å². The van der Waals surface area contributed by atoms with Crippen molar-refractivity contribution in [1.29, 1.82) is 0 Å². The van der Waals surface area contributed by atoms with Crippen LogP contribution in [0.15, 0.2) is 107 Å². The lowest BCUT2D eigenvalue weighted by atomic mass is 9.96. The van der Waals surface area contributed by atoms with Crippen molar-refractivity contribution in [2.75, 3.05) is 4.90 Å². The van der Waals surface area contributed by atoms with Crippen LogP contribution in [-0.2, 0) is 21.9 Å². The number of imidazole rings is 1. The molecule has 0 aliphatic carbocycles. The monoisotopic (exact) mass is 677 g/mol. The fourth-order valence-corrected chi connectivity index (χ4v) is 7.44. The van der Waals surface area contributed by atoms with E-state index in [4.69, 9.17) is 4.74 Å². The zero-order chi connectivity index (χ0) is 33.4. The molecular formula is C36H28FN5O4S2. The molecule has 48 heavy (non-hydrogen) atoms. The third-order valence-corrected chi connectivity index (χ3v) is 10.2. The molecule has 3 aromatic carbocycles. The number of ether oxygens (including phenoxy) is 1. The Balaban J connectivity index is 1.29. The molecule has 9 nitrogen and oxygen atoms in total. The van der Waals surface area contributed by atoms with Crippen LogP contribution >= 0.6 is 23.1 Å². The van der Waals surface area contributed by atoms with Crippen molar-refractivity contribution in [1.82, 2.24) is 19.6 Å². The van der Waals surface area contributed by atoms with Crippen LogP contribution in [0.5, 0.6) is 5.75 Å². The molecule has 6 aromatic rings. The van der Waals surface area contributed by atoms with E-state index in [0.29, 0.717) is 39.4 Å². The van der Waals surface area contributed by atoms with Gasteiger partial charge >= 0.3 is 5.91 Å². The number of aromatic nitrogens is 4. The summed E-state index contributed by atoms with van der Waals surface area (Å²) in [4.78, 5) is 33.7. The number of aliphatic hydroxyl groups excluding tert-OH is 1. The van der Waals surface area contributed by atoms with E-state index < -0.39 is 17.7 Å². The van der Waals surface area contributed by atoms with E-state index in [1.165, 1.54) is 28.8 Å². The normalized spacial score (nSPS) is 15.8. The summed E-state index contributed by atoms with van der Waals surface area (Å²) in [5.41, 5.74) is 4.64. The Hall–Kier alpha value is -5.33. The smallest absolute Gasteiger partial charge is 0.301 e. The van der Waals surface area contributed by atoms with E-state index in [9.17, 15) is 19.1 Å². The largest absolute Gasteiger partial charge is 0.505 e. The number of pyridine rings is 1. The molecule has 7 rings (SSSR count). The van der Waals surface area contributed by atoms with Gasteiger partial charge < -0.3 is 14.2 Å². The quantitative estimate of drug-likeness (QED) is 0.0553. The van der Waals surface area contributed by atoms with Crippen LogP contribution < -0.4 is 9.64 Å². The van der Waals surface area contributed by atoms with Gasteiger partial charge in [-0.1, -0.05) is 83.8 Å². The molecule has 1 fully saturated rings. The fourth-order valence-electron chi connectivity index (χ4n) is 5.62. The number of fused-ring (bicyclic) bond motifs is 1. The Morgan fingerprint density at radius 1 is 0.958 bits per heavy atom. The van der Waals surface area contributed by atoms with Crippen molar-refractivity contribution >= 4 is 51.3 Å².